The normalized spacial score (nSPS) is 17.7. The second-order valence-corrected chi connectivity index (χ2v) is 8.10. The van der Waals surface area contributed by atoms with Crippen LogP contribution in [0.2, 0.25) is 0 Å². The first-order valence-corrected chi connectivity index (χ1v) is 10.8. The number of unbranched alkanes of at least 4 members (excludes halogenated alkanes) is 3. The highest BCUT2D eigenvalue weighted by Crippen LogP contribution is 2.47. The molecule has 0 spiro atoms. The maximum atomic E-state index is 13.0. The van der Waals surface area contributed by atoms with Crippen molar-refractivity contribution in [2.45, 2.75) is 85.5 Å². The van der Waals surface area contributed by atoms with E-state index in [2.05, 4.69) is 32.9 Å². The number of hydrogen-bond acceptors (Lipinski definition) is 4. The topological polar surface area (TPSA) is 52.6 Å². The average Bonchev–Trinajstić information content (AvgIpc) is 2.64. The van der Waals surface area contributed by atoms with E-state index in [0.717, 1.165) is 24.0 Å². The number of rotatable bonds is 9. The Balaban J connectivity index is 2.47. The van der Waals surface area contributed by atoms with Crippen molar-refractivity contribution in [2.24, 2.45) is 5.41 Å². The Kier molecular flexibility index (Phi) is 8.09. The Labute approximate surface area is 170 Å². The molecule has 0 radical (unpaired) electrons. The first-order chi connectivity index (χ1) is 13.4. The van der Waals surface area contributed by atoms with Crippen LogP contribution in [0, 0.1) is 19.3 Å². The molecule has 1 aliphatic carbocycles. The van der Waals surface area contributed by atoms with Gasteiger partial charge in [-0.2, -0.15) is 0 Å². The number of carbonyl (C=O) groups excluding carboxylic acids is 2. The summed E-state index contributed by atoms with van der Waals surface area (Å²) in [6.07, 6.45) is 6.52. The molecule has 0 unspecified atom stereocenters. The predicted octanol–water partition coefficient (Wildman–Crippen LogP) is 5.42. The van der Waals surface area contributed by atoms with Crippen molar-refractivity contribution < 1.29 is 19.1 Å². The monoisotopic (exact) mass is 388 g/mol. The van der Waals surface area contributed by atoms with Crippen LogP contribution in [0.25, 0.3) is 0 Å². The van der Waals surface area contributed by atoms with E-state index in [0.29, 0.717) is 12.8 Å². The Morgan fingerprint density at radius 1 is 1.00 bits per heavy atom. The molecule has 0 bridgehead atoms. The highest BCUT2D eigenvalue weighted by molar-refractivity contribution is 6.01. The summed E-state index contributed by atoms with van der Waals surface area (Å²) in [6.45, 7) is 10.5. The molecule has 156 valence electrons. The third kappa shape index (κ3) is 4.76. The minimum absolute atomic E-state index is 0.176. The van der Waals surface area contributed by atoms with Crippen molar-refractivity contribution in [1.29, 1.82) is 0 Å². The van der Waals surface area contributed by atoms with Gasteiger partial charge in [0.1, 0.15) is 0 Å². The highest BCUT2D eigenvalue weighted by atomic mass is 16.6. The Morgan fingerprint density at radius 2 is 1.64 bits per heavy atom. The van der Waals surface area contributed by atoms with E-state index in [1.54, 1.807) is 13.8 Å². The van der Waals surface area contributed by atoms with Gasteiger partial charge >= 0.3 is 11.9 Å². The quantitative estimate of drug-likeness (QED) is 0.322. The van der Waals surface area contributed by atoms with E-state index in [1.165, 1.54) is 30.4 Å². The van der Waals surface area contributed by atoms with Gasteiger partial charge in [0.25, 0.3) is 0 Å². The Bertz CT molecular complexity index is 674. The largest absolute Gasteiger partial charge is 0.465 e. The summed E-state index contributed by atoms with van der Waals surface area (Å²) >= 11 is 0. The van der Waals surface area contributed by atoms with E-state index >= 15 is 0 Å². The zero-order valence-electron chi connectivity index (χ0n) is 18.2. The summed E-state index contributed by atoms with van der Waals surface area (Å²) in [5.74, 6) is -0.691. The Hall–Kier alpha value is -1.84. The Morgan fingerprint density at radius 3 is 2.21 bits per heavy atom. The van der Waals surface area contributed by atoms with E-state index in [-0.39, 0.29) is 19.1 Å². The van der Waals surface area contributed by atoms with Gasteiger partial charge in [0.15, 0.2) is 5.41 Å². The standard InChI is InChI=1S/C24H36O4/c1-6-9-10-11-12-19-15-24(22(25)27-7-2,23(26)28-8-3)16-20-14-17(4)13-18(5)21(19)20/h13-14,19H,6-12,15-16H2,1-5H3/t19-/m1/s1. The van der Waals surface area contributed by atoms with Gasteiger partial charge in [-0.05, 0) is 69.6 Å². The fourth-order valence-corrected chi connectivity index (χ4v) is 4.71. The van der Waals surface area contributed by atoms with Gasteiger partial charge < -0.3 is 9.47 Å². The van der Waals surface area contributed by atoms with Crippen LogP contribution in [0.15, 0.2) is 12.1 Å². The zero-order chi connectivity index (χ0) is 20.7. The molecule has 28 heavy (non-hydrogen) atoms. The third-order valence-corrected chi connectivity index (χ3v) is 5.85. The number of hydrogen-bond donors (Lipinski definition) is 0. The number of benzene rings is 1. The molecule has 0 aromatic heterocycles. The molecule has 1 aromatic carbocycles. The molecule has 0 amide bonds. The van der Waals surface area contributed by atoms with Crippen LogP contribution in [0.3, 0.4) is 0 Å². The lowest BCUT2D eigenvalue weighted by molar-refractivity contribution is -0.173. The SMILES string of the molecule is CCCCCC[C@@H]1CC(C(=O)OCC)(C(=O)OCC)Cc2cc(C)cc(C)c21. The van der Waals surface area contributed by atoms with Crippen LogP contribution >= 0.6 is 0 Å². The summed E-state index contributed by atoms with van der Waals surface area (Å²) in [5.41, 5.74) is 3.62. The molecule has 1 atom stereocenters. The van der Waals surface area contributed by atoms with Gasteiger partial charge in [0.2, 0.25) is 0 Å². The minimum atomic E-state index is -1.23. The molecule has 0 aliphatic heterocycles. The highest BCUT2D eigenvalue weighted by Gasteiger charge is 2.53. The second-order valence-electron chi connectivity index (χ2n) is 8.10. The lowest BCUT2D eigenvalue weighted by atomic mass is 9.64. The van der Waals surface area contributed by atoms with Gasteiger partial charge in [-0.1, -0.05) is 50.3 Å². The van der Waals surface area contributed by atoms with Crippen molar-refractivity contribution >= 4 is 11.9 Å². The van der Waals surface area contributed by atoms with Gasteiger partial charge in [-0.3, -0.25) is 9.59 Å². The van der Waals surface area contributed by atoms with E-state index < -0.39 is 17.4 Å². The third-order valence-electron chi connectivity index (χ3n) is 5.85. The molecule has 1 aromatic rings. The lowest BCUT2D eigenvalue weighted by Gasteiger charge is -2.39. The summed E-state index contributed by atoms with van der Waals surface area (Å²) in [5, 5.41) is 0. The van der Waals surface area contributed by atoms with Crippen molar-refractivity contribution in [3.05, 3.63) is 34.4 Å². The van der Waals surface area contributed by atoms with Crippen LogP contribution in [-0.4, -0.2) is 25.2 Å². The smallest absolute Gasteiger partial charge is 0.323 e. The van der Waals surface area contributed by atoms with Crippen LogP contribution in [0.4, 0.5) is 0 Å². The fraction of sp³-hybridized carbons (Fsp3) is 0.667. The number of ether oxygens (including phenoxy) is 2. The van der Waals surface area contributed by atoms with E-state index in [1.807, 2.05) is 0 Å². The summed E-state index contributed by atoms with van der Waals surface area (Å²) in [4.78, 5) is 26.0. The number of carbonyl (C=O) groups is 2. The van der Waals surface area contributed by atoms with Crippen LogP contribution < -0.4 is 0 Å². The van der Waals surface area contributed by atoms with Crippen LogP contribution in [-0.2, 0) is 25.5 Å². The molecule has 0 fully saturated rings. The maximum Gasteiger partial charge on any atom is 0.323 e. The number of aryl methyl sites for hydroxylation is 2. The average molecular weight is 389 g/mol. The van der Waals surface area contributed by atoms with Gasteiger partial charge in [-0.25, -0.2) is 0 Å². The summed E-state index contributed by atoms with van der Waals surface area (Å²) < 4.78 is 10.8. The van der Waals surface area contributed by atoms with Gasteiger partial charge in [-0.15, -0.1) is 0 Å². The fourth-order valence-electron chi connectivity index (χ4n) is 4.71. The van der Waals surface area contributed by atoms with Gasteiger partial charge in [0.05, 0.1) is 13.2 Å². The molecule has 0 saturated carbocycles. The first kappa shape index (κ1) is 22.4. The molecule has 2 rings (SSSR count). The van der Waals surface area contributed by atoms with Crippen molar-refractivity contribution in [3.8, 4) is 0 Å². The molecule has 0 saturated heterocycles. The van der Waals surface area contributed by atoms with E-state index in [9.17, 15) is 9.59 Å². The molecule has 4 heteroatoms. The van der Waals surface area contributed by atoms with Crippen molar-refractivity contribution in [1.82, 2.24) is 0 Å². The zero-order valence-corrected chi connectivity index (χ0v) is 18.2. The second kappa shape index (κ2) is 10.1. The maximum absolute atomic E-state index is 13.0. The molecule has 0 N–H and O–H groups in total. The molecule has 4 nitrogen and oxygen atoms in total. The summed E-state index contributed by atoms with van der Waals surface area (Å²) in [7, 11) is 0. The van der Waals surface area contributed by atoms with Crippen LogP contribution in [0.1, 0.15) is 87.5 Å². The van der Waals surface area contributed by atoms with E-state index in [4.69, 9.17) is 9.47 Å². The minimum Gasteiger partial charge on any atom is -0.465 e. The molecular weight excluding hydrogens is 352 g/mol. The first-order valence-electron chi connectivity index (χ1n) is 10.8. The lowest BCUT2D eigenvalue weighted by Crippen LogP contribution is -2.47. The van der Waals surface area contributed by atoms with Gasteiger partial charge in [0, 0.05) is 0 Å². The molecule has 0 heterocycles. The predicted molar refractivity (Wildman–Crippen MR) is 111 cm³/mol. The summed E-state index contributed by atoms with van der Waals surface area (Å²) in [6, 6.07) is 4.34. The molecule has 1 aliphatic rings. The molecular formula is C24H36O4. The van der Waals surface area contributed by atoms with Crippen molar-refractivity contribution in [2.75, 3.05) is 13.2 Å². The van der Waals surface area contributed by atoms with Crippen LogP contribution in [0.5, 0.6) is 0 Å². The van der Waals surface area contributed by atoms with Crippen molar-refractivity contribution in [3.63, 3.8) is 0 Å². The number of fused-ring (bicyclic) bond motifs is 1. The number of esters is 2.